The highest BCUT2D eigenvalue weighted by molar-refractivity contribution is 5.99. The molecule has 120 valence electrons. The van der Waals surface area contributed by atoms with E-state index in [2.05, 4.69) is 20.9 Å². The second-order valence-corrected chi connectivity index (χ2v) is 5.39. The number of amides is 2. The van der Waals surface area contributed by atoms with E-state index >= 15 is 0 Å². The van der Waals surface area contributed by atoms with Gasteiger partial charge in [-0.2, -0.15) is 0 Å². The Bertz CT molecular complexity index is 625. The molecule has 0 spiro atoms. The molecule has 3 N–H and O–H groups in total. The van der Waals surface area contributed by atoms with E-state index in [9.17, 15) is 4.79 Å². The third-order valence-electron chi connectivity index (χ3n) is 3.59. The first-order valence-corrected chi connectivity index (χ1v) is 7.74. The summed E-state index contributed by atoms with van der Waals surface area (Å²) in [5.74, 6) is 0.501. The van der Waals surface area contributed by atoms with Crippen molar-refractivity contribution in [3.63, 3.8) is 0 Å². The maximum absolute atomic E-state index is 11.9. The molecule has 1 saturated heterocycles. The number of para-hydroxylation sites is 1. The Balaban J connectivity index is 1.47. The molecular formula is C17H20N4O2. The summed E-state index contributed by atoms with van der Waals surface area (Å²) < 4.78 is 5.56. The maximum Gasteiger partial charge on any atom is 0.324 e. The molecule has 0 radical (unpaired) electrons. The van der Waals surface area contributed by atoms with Crippen LogP contribution in [-0.2, 0) is 4.74 Å². The molecule has 1 aliphatic rings. The lowest BCUT2D eigenvalue weighted by molar-refractivity contribution is 0.120. The molecule has 1 aromatic carbocycles. The molecule has 6 nitrogen and oxygen atoms in total. The number of rotatable bonds is 5. The van der Waals surface area contributed by atoms with Gasteiger partial charge in [-0.3, -0.25) is 5.32 Å². The molecule has 0 saturated carbocycles. The topological polar surface area (TPSA) is 75.3 Å². The molecule has 1 aromatic heterocycles. The van der Waals surface area contributed by atoms with Crippen LogP contribution in [0.1, 0.15) is 12.8 Å². The lowest BCUT2D eigenvalue weighted by atomic mass is 10.2. The summed E-state index contributed by atoms with van der Waals surface area (Å²) in [6, 6.07) is 12.6. The largest absolute Gasteiger partial charge is 0.381 e. The van der Waals surface area contributed by atoms with Crippen molar-refractivity contribution in [3.05, 3.63) is 48.7 Å². The smallest absolute Gasteiger partial charge is 0.324 e. The molecule has 6 heteroatoms. The Labute approximate surface area is 135 Å². The zero-order valence-corrected chi connectivity index (χ0v) is 12.8. The van der Waals surface area contributed by atoms with Crippen molar-refractivity contribution in [2.45, 2.75) is 18.9 Å². The predicted molar refractivity (Wildman–Crippen MR) is 90.8 cm³/mol. The second-order valence-electron chi connectivity index (χ2n) is 5.39. The minimum Gasteiger partial charge on any atom is -0.381 e. The Hall–Kier alpha value is -2.60. The summed E-state index contributed by atoms with van der Waals surface area (Å²) >= 11 is 0. The van der Waals surface area contributed by atoms with E-state index in [0.717, 1.165) is 37.4 Å². The first kappa shape index (κ1) is 15.3. The van der Waals surface area contributed by atoms with Gasteiger partial charge in [0.05, 0.1) is 18.0 Å². The average molecular weight is 312 g/mol. The standard InChI is InChI=1S/C17H20N4O2/c22-17(20-13-5-2-1-3-6-13)21-16-9-8-14(11-19-16)18-12-15-7-4-10-23-15/h1-3,5-6,8-9,11,15,18H,4,7,10,12H2,(H2,19,20,21,22). The Morgan fingerprint density at radius 2 is 2.00 bits per heavy atom. The molecule has 1 atom stereocenters. The number of aromatic nitrogens is 1. The highest BCUT2D eigenvalue weighted by Crippen LogP contribution is 2.15. The minimum absolute atomic E-state index is 0.282. The van der Waals surface area contributed by atoms with Crippen LogP contribution in [0.2, 0.25) is 0 Å². The van der Waals surface area contributed by atoms with Crippen molar-refractivity contribution in [1.82, 2.24) is 4.98 Å². The molecular weight excluding hydrogens is 292 g/mol. The predicted octanol–water partition coefficient (Wildman–Crippen LogP) is 3.32. The Morgan fingerprint density at radius 3 is 2.70 bits per heavy atom. The molecule has 1 unspecified atom stereocenters. The van der Waals surface area contributed by atoms with Gasteiger partial charge in [-0.15, -0.1) is 0 Å². The van der Waals surface area contributed by atoms with E-state index < -0.39 is 0 Å². The van der Waals surface area contributed by atoms with Gasteiger partial charge in [0.15, 0.2) is 0 Å². The van der Waals surface area contributed by atoms with Gasteiger partial charge in [0.1, 0.15) is 5.82 Å². The number of anilines is 3. The number of nitrogens with one attached hydrogen (secondary N) is 3. The fourth-order valence-electron chi connectivity index (χ4n) is 2.41. The van der Waals surface area contributed by atoms with Gasteiger partial charge in [-0.1, -0.05) is 18.2 Å². The number of hydrogen-bond donors (Lipinski definition) is 3. The van der Waals surface area contributed by atoms with Gasteiger partial charge in [-0.05, 0) is 37.1 Å². The fourth-order valence-corrected chi connectivity index (χ4v) is 2.41. The monoisotopic (exact) mass is 312 g/mol. The van der Waals surface area contributed by atoms with E-state index in [4.69, 9.17) is 4.74 Å². The van der Waals surface area contributed by atoms with Crippen LogP contribution < -0.4 is 16.0 Å². The van der Waals surface area contributed by atoms with E-state index in [1.807, 2.05) is 36.4 Å². The summed E-state index contributed by atoms with van der Waals surface area (Å²) in [4.78, 5) is 16.1. The van der Waals surface area contributed by atoms with E-state index in [-0.39, 0.29) is 12.1 Å². The number of nitrogens with zero attached hydrogens (tertiary/aromatic N) is 1. The molecule has 1 fully saturated rings. The van der Waals surface area contributed by atoms with E-state index in [1.54, 1.807) is 12.3 Å². The van der Waals surface area contributed by atoms with Crippen molar-refractivity contribution < 1.29 is 9.53 Å². The molecule has 2 aromatic rings. The van der Waals surface area contributed by atoms with Gasteiger partial charge < -0.3 is 15.4 Å². The van der Waals surface area contributed by atoms with Crippen LogP contribution in [-0.4, -0.2) is 30.3 Å². The average Bonchev–Trinajstić information content (AvgIpc) is 3.08. The maximum atomic E-state index is 11.9. The highest BCUT2D eigenvalue weighted by Gasteiger charge is 2.14. The van der Waals surface area contributed by atoms with Crippen LogP contribution in [0.25, 0.3) is 0 Å². The van der Waals surface area contributed by atoms with Crippen LogP contribution in [0.5, 0.6) is 0 Å². The lowest BCUT2D eigenvalue weighted by Gasteiger charge is -2.12. The van der Waals surface area contributed by atoms with Crippen molar-refractivity contribution in [3.8, 4) is 0 Å². The molecule has 0 aliphatic carbocycles. The SMILES string of the molecule is O=C(Nc1ccccc1)Nc1ccc(NCC2CCCO2)cn1. The number of benzene rings is 1. The summed E-state index contributed by atoms with van der Waals surface area (Å²) in [5, 5.41) is 8.74. The number of pyridine rings is 1. The number of hydrogen-bond acceptors (Lipinski definition) is 4. The number of ether oxygens (including phenoxy) is 1. The quantitative estimate of drug-likeness (QED) is 0.791. The van der Waals surface area contributed by atoms with E-state index in [0.29, 0.717) is 5.82 Å². The van der Waals surface area contributed by atoms with Crippen molar-refractivity contribution >= 4 is 23.2 Å². The lowest BCUT2D eigenvalue weighted by Crippen LogP contribution is -2.20. The second kappa shape index (κ2) is 7.60. The molecule has 3 rings (SSSR count). The van der Waals surface area contributed by atoms with Gasteiger partial charge >= 0.3 is 6.03 Å². The van der Waals surface area contributed by atoms with Crippen molar-refractivity contribution in [2.24, 2.45) is 0 Å². The van der Waals surface area contributed by atoms with Crippen LogP contribution >= 0.6 is 0 Å². The van der Waals surface area contributed by atoms with Crippen LogP contribution in [0.3, 0.4) is 0 Å². The zero-order chi connectivity index (χ0) is 15.9. The molecule has 23 heavy (non-hydrogen) atoms. The molecule has 2 heterocycles. The summed E-state index contributed by atoms with van der Waals surface area (Å²) in [6.45, 7) is 1.63. The zero-order valence-electron chi connectivity index (χ0n) is 12.8. The third-order valence-corrected chi connectivity index (χ3v) is 3.59. The number of carbonyl (C=O) groups excluding carboxylic acids is 1. The number of urea groups is 1. The first-order valence-electron chi connectivity index (χ1n) is 7.74. The van der Waals surface area contributed by atoms with Crippen molar-refractivity contribution in [1.29, 1.82) is 0 Å². The van der Waals surface area contributed by atoms with Gasteiger partial charge in [0, 0.05) is 18.8 Å². The third kappa shape index (κ3) is 4.69. The molecule has 1 aliphatic heterocycles. The number of carbonyl (C=O) groups is 1. The van der Waals surface area contributed by atoms with Crippen LogP contribution in [0.4, 0.5) is 22.0 Å². The van der Waals surface area contributed by atoms with Gasteiger partial charge in [0.25, 0.3) is 0 Å². The normalized spacial score (nSPS) is 16.8. The van der Waals surface area contributed by atoms with Crippen molar-refractivity contribution in [2.75, 3.05) is 29.1 Å². The molecule has 0 bridgehead atoms. The van der Waals surface area contributed by atoms with Crippen LogP contribution in [0, 0.1) is 0 Å². The Morgan fingerprint density at radius 1 is 1.13 bits per heavy atom. The van der Waals surface area contributed by atoms with E-state index in [1.165, 1.54) is 0 Å². The first-order chi connectivity index (χ1) is 11.3. The molecule has 2 amide bonds. The summed E-state index contributed by atoms with van der Waals surface area (Å²) in [5.41, 5.74) is 1.65. The summed E-state index contributed by atoms with van der Waals surface area (Å²) in [6.07, 6.45) is 4.21. The highest BCUT2D eigenvalue weighted by atomic mass is 16.5. The van der Waals surface area contributed by atoms with Crippen LogP contribution in [0.15, 0.2) is 48.7 Å². The van der Waals surface area contributed by atoms with Gasteiger partial charge in [0.2, 0.25) is 0 Å². The Kier molecular flexibility index (Phi) is 5.06. The van der Waals surface area contributed by atoms with Gasteiger partial charge in [-0.25, -0.2) is 9.78 Å². The fraction of sp³-hybridized carbons (Fsp3) is 0.294. The summed E-state index contributed by atoms with van der Waals surface area (Å²) in [7, 11) is 0. The minimum atomic E-state index is -0.316.